The molecule has 0 aliphatic heterocycles. The highest BCUT2D eigenvalue weighted by Gasteiger charge is 2.24. The summed E-state index contributed by atoms with van der Waals surface area (Å²) < 4.78 is 9.64. The van der Waals surface area contributed by atoms with E-state index in [9.17, 15) is 9.59 Å². The molecule has 0 amide bonds. The number of halogens is 1. The zero-order valence-electron chi connectivity index (χ0n) is 8.58. The van der Waals surface area contributed by atoms with Gasteiger partial charge >= 0.3 is 0 Å². The van der Waals surface area contributed by atoms with Crippen LogP contribution in [0.5, 0.6) is 0 Å². The molecule has 0 fully saturated rings. The molecule has 14 heavy (non-hydrogen) atoms. The molecule has 0 aromatic rings. The molecule has 0 rings (SSSR count). The zero-order valence-corrected chi connectivity index (χ0v) is 9.34. The summed E-state index contributed by atoms with van der Waals surface area (Å²) in [6.07, 6.45) is -0.384. The number of carbonyl (C=O) groups excluding carboxylic acids is 2. The highest BCUT2D eigenvalue weighted by atomic mass is 35.5. The Morgan fingerprint density at radius 1 is 1.21 bits per heavy atom. The first-order valence-corrected chi connectivity index (χ1v) is 4.75. The number of alkyl halides is 1. The number of rotatable bonds is 7. The first kappa shape index (κ1) is 13.5. The van der Waals surface area contributed by atoms with Gasteiger partial charge in [0.25, 0.3) is 0 Å². The average molecular weight is 223 g/mol. The summed E-state index contributed by atoms with van der Waals surface area (Å²) in [5.41, 5.74) is 0. The van der Waals surface area contributed by atoms with E-state index in [0.29, 0.717) is 0 Å². The second kappa shape index (κ2) is 6.92. The van der Waals surface area contributed by atoms with Crippen LogP contribution in [0.2, 0.25) is 0 Å². The third-order valence-electron chi connectivity index (χ3n) is 1.81. The predicted octanol–water partition coefficient (Wildman–Crippen LogP) is 1.15. The fourth-order valence-electron chi connectivity index (χ4n) is 0.889. The molecule has 0 spiro atoms. The van der Waals surface area contributed by atoms with Crippen molar-refractivity contribution in [2.75, 3.05) is 14.2 Å². The molecule has 0 saturated heterocycles. The summed E-state index contributed by atoms with van der Waals surface area (Å²) in [6, 6.07) is 0. The molecule has 0 N–H and O–H groups in total. The SMILES string of the molecule is CCC(=O)C(Cl)C(=O)CC(OC)OC. The van der Waals surface area contributed by atoms with Gasteiger partial charge in [0.2, 0.25) is 0 Å². The van der Waals surface area contributed by atoms with Crippen LogP contribution in [0.15, 0.2) is 0 Å². The second-order valence-corrected chi connectivity index (χ2v) is 3.19. The highest BCUT2D eigenvalue weighted by molar-refractivity contribution is 6.42. The van der Waals surface area contributed by atoms with Crippen molar-refractivity contribution in [2.45, 2.75) is 31.4 Å². The second-order valence-electron chi connectivity index (χ2n) is 2.75. The van der Waals surface area contributed by atoms with E-state index in [1.807, 2.05) is 0 Å². The van der Waals surface area contributed by atoms with Crippen molar-refractivity contribution < 1.29 is 19.1 Å². The minimum Gasteiger partial charge on any atom is -0.355 e. The molecule has 0 aliphatic rings. The van der Waals surface area contributed by atoms with E-state index in [0.717, 1.165) is 0 Å². The van der Waals surface area contributed by atoms with Crippen LogP contribution in [-0.2, 0) is 19.1 Å². The number of ether oxygens (including phenoxy) is 2. The van der Waals surface area contributed by atoms with Crippen molar-refractivity contribution in [3.8, 4) is 0 Å². The first-order valence-electron chi connectivity index (χ1n) is 4.31. The summed E-state index contributed by atoms with van der Waals surface area (Å²) in [5, 5.41) is -1.08. The summed E-state index contributed by atoms with van der Waals surface area (Å²) in [4.78, 5) is 22.4. The molecule has 1 atom stereocenters. The van der Waals surface area contributed by atoms with E-state index < -0.39 is 11.7 Å². The summed E-state index contributed by atoms with van der Waals surface area (Å²) >= 11 is 5.63. The van der Waals surface area contributed by atoms with Crippen LogP contribution in [0.25, 0.3) is 0 Å². The minimum absolute atomic E-state index is 0.00704. The molecule has 0 aliphatic carbocycles. The number of hydrogen-bond acceptors (Lipinski definition) is 4. The number of hydrogen-bond donors (Lipinski definition) is 0. The molecular formula is C9H15ClO4. The van der Waals surface area contributed by atoms with Gasteiger partial charge in [0.05, 0.1) is 6.42 Å². The van der Waals surface area contributed by atoms with Crippen LogP contribution in [-0.4, -0.2) is 37.5 Å². The highest BCUT2D eigenvalue weighted by Crippen LogP contribution is 2.09. The van der Waals surface area contributed by atoms with Gasteiger partial charge in [-0.2, -0.15) is 0 Å². The van der Waals surface area contributed by atoms with Gasteiger partial charge in [-0.05, 0) is 0 Å². The van der Waals surface area contributed by atoms with Crippen LogP contribution in [0.4, 0.5) is 0 Å². The van der Waals surface area contributed by atoms with Gasteiger partial charge in [0, 0.05) is 20.6 Å². The molecule has 0 bridgehead atoms. The first-order chi connectivity index (χ1) is 6.56. The van der Waals surface area contributed by atoms with Crippen molar-refractivity contribution >= 4 is 23.2 Å². The van der Waals surface area contributed by atoms with E-state index in [-0.39, 0.29) is 24.4 Å². The maximum Gasteiger partial charge on any atom is 0.163 e. The molecule has 0 heterocycles. The van der Waals surface area contributed by atoms with E-state index in [1.165, 1.54) is 14.2 Å². The minimum atomic E-state index is -1.08. The van der Waals surface area contributed by atoms with Crippen LogP contribution >= 0.6 is 11.6 Å². The van der Waals surface area contributed by atoms with E-state index >= 15 is 0 Å². The quantitative estimate of drug-likeness (QED) is 0.368. The molecule has 4 nitrogen and oxygen atoms in total. The van der Waals surface area contributed by atoms with Crippen LogP contribution in [0.1, 0.15) is 19.8 Å². The third-order valence-corrected chi connectivity index (χ3v) is 2.29. The van der Waals surface area contributed by atoms with Gasteiger partial charge in [0.15, 0.2) is 23.2 Å². The van der Waals surface area contributed by atoms with Gasteiger partial charge in [-0.3, -0.25) is 9.59 Å². The maximum absolute atomic E-state index is 11.4. The molecular weight excluding hydrogens is 208 g/mol. The van der Waals surface area contributed by atoms with Crippen molar-refractivity contribution in [3.63, 3.8) is 0 Å². The van der Waals surface area contributed by atoms with Crippen LogP contribution in [0, 0.1) is 0 Å². The predicted molar refractivity (Wildman–Crippen MR) is 52.4 cm³/mol. The Morgan fingerprint density at radius 2 is 1.71 bits per heavy atom. The van der Waals surface area contributed by atoms with Crippen molar-refractivity contribution in [3.05, 3.63) is 0 Å². The summed E-state index contributed by atoms with van der Waals surface area (Å²) in [5.74, 6) is -0.644. The van der Waals surface area contributed by atoms with E-state index in [4.69, 9.17) is 21.1 Å². The average Bonchev–Trinajstić information content (AvgIpc) is 2.23. The monoisotopic (exact) mass is 222 g/mol. The summed E-state index contributed by atoms with van der Waals surface area (Å²) in [6.45, 7) is 1.66. The van der Waals surface area contributed by atoms with Crippen molar-refractivity contribution in [1.29, 1.82) is 0 Å². The number of Topliss-reactive ketones (excluding diaryl/α,β-unsaturated/α-hetero) is 2. The zero-order chi connectivity index (χ0) is 11.1. The van der Waals surface area contributed by atoms with E-state index in [2.05, 4.69) is 0 Å². The summed E-state index contributed by atoms with van der Waals surface area (Å²) in [7, 11) is 2.85. The molecule has 0 aromatic carbocycles. The van der Waals surface area contributed by atoms with Gasteiger partial charge in [-0.1, -0.05) is 6.92 Å². The smallest absolute Gasteiger partial charge is 0.163 e. The lowest BCUT2D eigenvalue weighted by molar-refractivity contribution is -0.139. The van der Waals surface area contributed by atoms with Crippen molar-refractivity contribution in [2.24, 2.45) is 0 Å². The molecule has 0 radical (unpaired) electrons. The lowest BCUT2D eigenvalue weighted by atomic mass is 10.1. The molecule has 5 heteroatoms. The largest absolute Gasteiger partial charge is 0.355 e. The van der Waals surface area contributed by atoms with Gasteiger partial charge in [-0.15, -0.1) is 11.6 Å². The van der Waals surface area contributed by atoms with Crippen molar-refractivity contribution in [1.82, 2.24) is 0 Å². The Hall–Kier alpha value is -0.450. The molecule has 0 aromatic heterocycles. The van der Waals surface area contributed by atoms with Gasteiger partial charge in [-0.25, -0.2) is 0 Å². The van der Waals surface area contributed by atoms with Gasteiger partial charge in [0.1, 0.15) is 0 Å². The Bertz CT molecular complexity index is 201. The topological polar surface area (TPSA) is 52.6 Å². The van der Waals surface area contributed by atoms with Crippen LogP contribution in [0.3, 0.4) is 0 Å². The number of methoxy groups -OCH3 is 2. The van der Waals surface area contributed by atoms with Gasteiger partial charge < -0.3 is 9.47 Å². The standard InChI is InChI=1S/C9H15ClO4/c1-4-6(11)9(10)7(12)5-8(13-2)14-3/h8-9H,4-5H2,1-3H3. The maximum atomic E-state index is 11.4. The lowest BCUT2D eigenvalue weighted by Gasteiger charge is -2.13. The molecule has 0 saturated carbocycles. The third kappa shape index (κ3) is 4.17. The molecule has 1 unspecified atom stereocenters. The Kier molecular flexibility index (Phi) is 6.70. The number of ketones is 2. The molecule has 82 valence electrons. The lowest BCUT2D eigenvalue weighted by Crippen LogP contribution is -2.29. The van der Waals surface area contributed by atoms with Crippen LogP contribution < -0.4 is 0 Å². The fourth-order valence-corrected chi connectivity index (χ4v) is 1.13. The fraction of sp³-hybridized carbons (Fsp3) is 0.778. The Morgan fingerprint density at radius 3 is 2.07 bits per heavy atom. The Labute approximate surface area is 88.5 Å². The van der Waals surface area contributed by atoms with E-state index in [1.54, 1.807) is 6.92 Å². The Balaban J connectivity index is 4.12. The number of carbonyl (C=O) groups is 2. The normalized spacial score (nSPS) is 12.9.